The van der Waals surface area contributed by atoms with Crippen LogP contribution in [0, 0.1) is 0 Å². The minimum absolute atomic E-state index is 0.255. The number of rotatable bonds is 1. The number of hydrogen-bond acceptors (Lipinski definition) is 3. The van der Waals surface area contributed by atoms with Gasteiger partial charge in [0.15, 0.2) is 0 Å². The Morgan fingerprint density at radius 3 is 3.00 bits per heavy atom. The molecule has 3 nitrogen and oxygen atoms in total. The highest BCUT2D eigenvalue weighted by molar-refractivity contribution is 4.80. The first-order valence-electron chi connectivity index (χ1n) is 4.00. The molecule has 0 aromatic rings. The smallest absolute Gasteiger partial charge is 0.0341 e. The molecule has 1 heterocycles. The Hall–Kier alpha value is -0.120. The van der Waals surface area contributed by atoms with Gasteiger partial charge in [-0.05, 0) is 26.4 Å². The number of nitrogens with two attached hydrogens (primary N) is 1. The molecule has 0 amide bonds. The van der Waals surface area contributed by atoms with E-state index in [0.29, 0.717) is 6.04 Å². The third-order valence-corrected chi connectivity index (χ3v) is 1.94. The summed E-state index contributed by atoms with van der Waals surface area (Å²) in [4.78, 5) is 0. The topological polar surface area (TPSA) is 50.1 Å². The molecule has 2 atom stereocenters. The summed E-state index contributed by atoms with van der Waals surface area (Å²) >= 11 is 0. The summed E-state index contributed by atoms with van der Waals surface area (Å²) in [5.74, 6) is 0. The van der Waals surface area contributed by atoms with Crippen molar-refractivity contribution in [3.8, 4) is 0 Å². The predicted octanol–water partition coefficient (Wildman–Crippen LogP) is -0.715. The van der Waals surface area contributed by atoms with Gasteiger partial charge in [-0.25, -0.2) is 0 Å². The van der Waals surface area contributed by atoms with Gasteiger partial charge in [0.05, 0.1) is 0 Å². The average molecular weight is 143 g/mol. The van der Waals surface area contributed by atoms with Crippen molar-refractivity contribution in [3.63, 3.8) is 0 Å². The van der Waals surface area contributed by atoms with Crippen LogP contribution in [-0.2, 0) is 0 Å². The van der Waals surface area contributed by atoms with Crippen molar-refractivity contribution >= 4 is 0 Å². The van der Waals surface area contributed by atoms with Crippen molar-refractivity contribution in [3.05, 3.63) is 0 Å². The molecule has 1 rings (SSSR count). The molecule has 60 valence electrons. The summed E-state index contributed by atoms with van der Waals surface area (Å²) in [6.07, 6.45) is 1.21. The molecular formula is C7H17N3. The van der Waals surface area contributed by atoms with E-state index < -0.39 is 0 Å². The highest BCUT2D eigenvalue weighted by Gasteiger charge is 2.13. The highest BCUT2D eigenvalue weighted by atomic mass is 15.0. The molecule has 1 fully saturated rings. The van der Waals surface area contributed by atoms with Crippen LogP contribution < -0.4 is 16.4 Å². The van der Waals surface area contributed by atoms with Gasteiger partial charge in [-0.2, -0.15) is 0 Å². The van der Waals surface area contributed by atoms with Gasteiger partial charge in [-0.15, -0.1) is 0 Å². The van der Waals surface area contributed by atoms with Crippen LogP contribution in [0.4, 0.5) is 0 Å². The van der Waals surface area contributed by atoms with Gasteiger partial charge in [0.25, 0.3) is 0 Å². The fraction of sp³-hybridized carbons (Fsp3) is 1.00. The molecule has 0 radical (unpaired) electrons. The molecule has 1 saturated heterocycles. The third kappa shape index (κ3) is 2.25. The molecule has 0 bridgehead atoms. The van der Waals surface area contributed by atoms with Gasteiger partial charge < -0.3 is 16.4 Å². The number of hydrogen-bond donors (Lipinski definition) is 3. The fourth-order valence-electron chi connectivity index (χ4n) is 1.20. The zero-order valence-electron chi connectivity index (χ0n) is 6.56. The van der Waals surface area contributed by atoms with Gasteiger partial charge in [-0.1, -0.05) is 0 Å². The molecule has 3 heteroatoms. The molecule has 0 saturated carbocycles. The second-order valence-corrected chi connectivity index (χ2v) is 2.98. The van der Waals surface area contributed by atoms with E-state index in [1.54, 1.807) is 0 Å². The second-order valence-electron chi connectivity index (χ2n) is 2.98. The molecule has 2 unspecified atom stereocenters. The normalized spacial score (nSPS) is 31.2. The predicted molar refractivity (Wildman–Crippen MR) is 42.9 cm³/mol. The lowest BCUT2D eigenvalue weighted by atomic mass is 10.1. The Morgan fingerprint density at radius 2 is 2.30 bits per heavy atom. The van der Waals surface area contributed by atoms with Crippen molar-refractivity contribution in [1.82, 2.24) is 10.6 Å². The van der Waals surface area contributed by atoms with Crippen LogP contribution in [0.3, 0.4) is 0 Å². The molecule has 1 aliphatic rings. The van der Waals surface area contributed by atoms with E-state index in [9.17, 15) is 0 Å². The third-order valence-electron chi connectivity index (χ3n) is 1.94. The van der Waals surface area contributed by atoms with Crippen LogP contribution in [-0.4, -0.2) is 31.7 Å². The van der Waals surface area contributed by atoms with Gasteiger partial charge in [0.1, 0.15) is 0 Å². The van der Waals surface area contributed by atoms with Crippen LogP contribution in [0.5, 0.6) is 0 Å². The van der Waals surface area contributed by atoms with Crippen molar-refractivity contribution in [2.45, 2.75) is 25.4 Å². The second kappa shape index (κ2) is 3.91. The van der Waals surface area contributed by atoms with Gasteiger partial charge in [-0.3, -0.25) is 0 Å². The summed E-state index contributed by atoms with van der Waals surface area (Å²) in [5, 5.41) is 6.73. The minimum atomic E-state index is 0.255. The van der Waals surface area contributed by atoms with Crippen LogP contribution in [0.15, 0.2) is 0 Å². The Kier molecular flexibility index (Phi) is 3.12. The lowest BCUT2D eigenvalue weighted by molar-refractivity contribution is 0.459. The highest BCUT2D eigenvalue weighted by Crippen LogP contribution is 1.92. The Labute approximate surface area is 62.4 Å². The molecule has 0 aromatic heterocycles. The van der Waals surface area contributed by atoms with Crippen molar-refractivity contribution in [2.24, 2.45) is 5.73 Å². The van der Waals surface area contributed by atoms with E-state index in [1.807, 2.05) is 6.92 Å². The van der Waals surface area contributed by atoms with Crippen molar-refractivity contribution in [1.29, 1.82) is 0 Å². The van der Waals surface area contributed by atoms with E-state index in [1.165, 1.54) is 6.42 Å². The summed E-state index contributed by atoms with van der Waals surface area (Å²) in [5.41, 5.74) is 5.73. The van der Waals surface area contributed by atoms with E-state index in [4.69, 9.17) is 5.73 Å². The monoisotopic (exact) mass is 143 g/mol. The van der Waals surface area contributed by atoms with E-state index in [2.05, 4.69) is 10.6 Å². The molecule has 4 N–H and O–H groups in total. The number of nitrogens with one attached hydrogen (secondary N) is 2. The molecule has 0 aliphatic carbocycles. The van der Waals surface area contributed by atoms with Crippen LogP contribution in [0.25, 0.3) is 0 Å². The molecule has 10 heavy (non-hydrogen) atoms. The van der Waals surface area contributed by atoms with E-state index in [-0.39, 0.29) is 6.04 Å². The SMILES string of the molecule is CC(N)C1CNCCCN1. The van der Waals surface area contributed by atoms with Crippen LogP contribution >= 0.6 is 0 Å². The van der Waals surface area contributed by atoms with Crippen molar-refractivity contribution in [2.75, 3.05) is 19.6 Å². The van der Waals surface area contributed by atoms with E-state index in [0.717, 1.165) is 19.6 Å². The van der Waals surface area contributed by atoms with Crippen LogP contribution in [0.1, 0.15) is 13.3 Å². The standard InChI is InChI=1S/C7H17N3/c1-6(8)7-5-9-3-2-4-10-7/h6-7,9-10H,2-5,8H2,1H3. The zero-order chi connectivity index (χ0) is 7.40. The maximum atomic E-state index is 5.73. The zero-order valence-corrected chi connectivity index (χ0v) is 6.56. The average Bonchev–Trinajstić information content (AvgIpc) is 2.12. The van der Waals surface area contributed by atoms with Gasteiger partial charge >= 0.3 is 0 Å². The molecule has 1 aliphatic heterocycles. The maximum absolute atomic E-state index is 5.73. The molecule has 0 aromatic carbocycles. The first-order chi connectivity index (χ1) is 4.80. The summed E-state index contributed by atoms with van der Waals surface area (Å²) in [6.45, 7) is 5.28. The Morgan fingerprint density at radius 1 is 1.50 bits per heavy atom. The minimum Gasteiger partial charge on any atom is -0.326 e. The quantitative estimate of drug-likeness (QED) is 0.454. The fourth-order valence-corrected chi connectivity index (χ4v) is 1.20. The first-order valence-corrected chi connectivity index (χ1v) is 4.00. The Bertz CT molecular complexity index is 84.9. The molecule has 0 spiro atoms. The molecular weight excluding hydrogens is 126 g/mol. The first kappa shape index (κ1) is 7.98. The van der Waals surface area contributed by atoms with Gasteiger partial charge in [0, 0.05) is 18.6 Å². The summed E-state index contributed by atoms with van der Waals surface area (Å²) in [7, 11) is 0. The summed E-state index contributed by atoms with van der Waals surface area (Å²) < 4.78 is 0. The summed E-state index contributed by atoms with van der Waals surface area (Å²) in [6, 6.07) is 0.716. The maximum Gasteiger partial charge on any atom is 0.0341 e. The van der Waals surface area contributed by atoms with Gasteiger partial charge in [0.2, 0.25) is 0 Å². The lowest BCUT2D eigenvalue weighted by Gasteiger charge is -2.19. The Balaban J connectivity index is 2.28. The van der Waals surface area contributed by atoms with Crippen LogP contribution in [0.2, 0.25) is 0 Å². The largest absolute Gasteiger partial charge is 0.326 e. The lowest BCUT2D eigenvalue weighted by Crippen LogP contribution is -2.47. The van der Waals surface area contributed by atoms with Crippen molar-refractivity contribution < 1.29 is 0 Å². The van der Waals surface area contributed by atoms with E-state index >= 15 is 0 Å².